The summed E-state index contributed by atoms with van der Waals surface area (Å²) < 4.78 is 1.52. The van der Waals surface area contributed by atoms with Gasteiger partial charge < -0.3 is 10.8 Å². The van der Waals surface area contributed by atoms with Gasteiger partial charge in [-0.25, -0.2) is 0 Å². The van der Waals surface area contributed by atoms with Crippen LogP contribution in [-0.4, -0.2) is 32.1 Å². The maximum Gasteiger partial charge on any atom is 0.321 e. The summed E-state index contributed by atoms with van der Waals surface area (Å²) in [5.74, 6) is -1.04. The smallest absolute Gasteiger partial charge is 0.321 e. The average Bonchev–Trinajstić information content (AvgIpc) is 2.50. The first-order valence-corrected chi connectivity index (χ1v) is 4.21. The fourth-order valence-electron chi connectivity index (χ4n) is 1.11. The molecule has 14 heavy (non-hydrogen) atoms. The van der Waals surface area contributed by atoms with Crippen molar-refractivity contribution in [3.05, 3.63) is 11.9 Å². The molecule has 6 heteroatoms. The van der Waals surface area contributed by atoms with Gasteiger partial charge in [-0.2, -0.15) is 0 Å². The molecule has 0 saturated carbocycles. The Morgan fingerprint density at radius 3 is 2.64 bits per heavy atom. The van der Waals surface area contributed by atoms with E-state index in [1.165, 1.54) is 4.68 Å². The summed E-state index contributed by atoms with van der Waals surface area (Å²) in [6.45, 7) is 3.46. The summed E-state index contributed by atoms with van der Waals surface area (Å²) in [6, 6.07) is -0.987. The van der Waals surface area contributed by atoms with Gasteiger partial charge in [0.2, 0.25) is 0 Å². The summed E-state index contributed by atoms with van der Waals surface area (Å²) >= 11 is 0. The van der Waals surface area contributed by atoms with Crippen molar-refractivity contribution in [2.24, 2.45) is 12.8 Å². The van der Waals surface area contributed by atoms with E-state index in [-0.39, 0.29) is 0 Å². The molecule has 3 N–H and O–H groups in total. The number of carboxylic acids is 1. The second-order valence-corrected chi connectivity index (χ2v) is 3.82. The Labute approximate surface area is 81.7 Å². The lowest BCUT2D eigenvalue weighted by Gasteiger charge is -2.25. The molecule has 0 bridgehead atoms. The first-order chi connectivity index (χ1) is 6.35. The summed E-state index contributed by atoms with van der Waals surface area (Å²) in [6.07, 6.45) is 1.67. The predicted octanol–water partition coefficient (Wildman–Crippen LogP) is -0.495. The van der Waals surface area contributed by atoms with Crippen molar-refractivity contribution in [2.45, 2.75) is 25.3 Å². The lowest BCUT2D eigenvalue weighted by atomic mass is 9.82. The number of rotatable bonds is 3. The molecule has 1 heterocycles. The molecule has 0 aliphatic rings. The number of aliphatic carboxylic acids is 1. The predicted molar refractivity (Wildman–Crippen MR) is 49.6 cm³/mol. The second kappa shape index (κ2) is 3.38. The molecule has 1 unspecified atom stereocenters. The number of hydrogen-bond donors (Lipinski definition) is 2. The van der Waals surface area contributed by atoms with Gasteiger partial charge >= 0.3 is 5.97 Å². The topological polar surface area (TPSA) is 94.0 Å². The molecular weight excluding hydrogens is 184 g/mol. The molecule has 0 aliphatic carbocycles. The van der Waals surface area contributed by atoms with Crippen LogP contribution in [0.4, 0.5) is 0 Å². The molecule has 1 aromatic heterocycles. The first-order valence-electron chi connectivity index (χ1n) is 4.21. The van der Waals surface area contributed by atoms with Crippen LogP contribution in [0.2, 0.25) is 0 Å². The van der Waals surface area contributed by atoms with Gasteiger partial charge in [-0.3, -0.25) is 9.48 Å². The number of nitrogens with zero attached hydrogens (tertiary/aromatic N) is 3. The highest BCUT2D eigenvalue weighted by Crippen LogP contribution is 2.23. The molecular formula is C8H14N4O2. The molecule has 0 amide bonds. The van der Waals surface area contributed by atoms with Crippen LogP contribution in [-0.2, 0) is 17.3 Å². The lowest BCUT2D eigenvalue weighted by Crippen LogP contribution is -2.47. The minimum atomic E-state index is -1.04. The van der Waals surface area contributed by atoms with Crippen LogP contribution < -0.4 is 5.73 Å². The molecule has 0 aromatic carbocycles. The normalized spacial score (nSPS) is 14.0. The van der Waals surface area contributed by atoms with Crippen LogP contribution in [0.15, 0.2) is 6.20 Å². The van der Waals surface area contributed by atoms with Crippen molar-refractivity contribution in [1.82, 2.24) is 15.0 Å². The van der Waals surface area contributed by atoms with Gasteiger partial charge in [-0.1, -0.05) is 19.1 Å². The highest BCUT2D eigenvalue weighted by molar-refractivity contribution is 5.75. The Morgan fingerprint density at radius 2 is 2.29 bits per heavy atom. The van der Waals surface area contributed by atoms with Crippen molar-refractivity contribution in [2.75, 3.05) is 0 Å². The van der Waals surface area contributed by atoms with Crippen molar-refractivity contribution >= 4 is 5.97 Å². The zero-order valence-corrected chi connectivity index (χ0v) is 8.43. The van der Waals surface area contributed by atoms with Crippen LogP contribution in [0.3, 0.4) is 0 Å². The molecule has 1 rings (SSSR count). The number of hydrogen-bond acceptors (Lipinski definition) is 4. The van der Waals surface area contributed by atoms with Gasteiger partial charge in [0.1, 0.15) is 6.04 Å². The maximum atomic E-state index is 10.7. The summed E-state index contributed by atoms with van der Waals surface area (Å²) in [7, 11) is 1.72. The highest BCUT2D eigenvalue weighted by Gasteiger charge is 2.36. The molecule has 0 fully saturated rings. The Balaban J connectivity index is 3.01. The number of aryl methyl sites for hydroxylation is 1. The Hall–Kier alpha value is -1.43. The number of aromatic nitrogens is 3. The third-order valence-corrected chi connectivity index (χ3v) is 2.31. The molecule has 78 valence electrons. The Kier molecular flexibility index (Phi) is 2.57. The number of carbonyl (C=O) groups is 1. The van der Waals surface area contributed by atoms with Crippen LogP contribution in [0.25, 0.3) is 0 Å². The van der Waals surface area contributed by atoms with Crippen LogP contribution in [0, 0.1) is 0 Å². The zero-order chi connectivity index (χ0) is 10.9. The molecule has 1 aromatic rings. The lowest BCUT2D eigenvalue weighted by molar-refractivity contribution is -0.140. The quantitative estimate of drug-likeness (QED) is 0.683. The molecule has 0 aliphatic heterocycles. The fraction of sp³-hybridized carbons (Fsp3) is 0.625. The van der Waals surface area contributed by atoms with Crippen molar-refractivity contribution in [1.29, 1.82) is 0 Å². The highest BCUT2D eigenvalue weighted by atomic mass is 16.4. The molecule has 0 spiro atoms. The third kappa shape index (κ3) is 1.74. The van der Waals surface area contributed by atoms with Gasteiger partial charge in [-0.05, 0) is 0 Å². The summed E-state index contributed by atoms with van der Waals surface area (Å²) in [5.41, 5.74) is 5.42. The van der Waals surface area contributed by atoms with Gasteiger partial charge in [0, 0.05) is 18.7 Å². The molecule has 0 saturated heterocycles. The zero-order valence-electron chi connectivity index (χ0n) is 8.43. The first kappa shape index (κ1) is 10.6. The Bertz CT molecular complexity index is 345. The largest absolute Gasteiger partial charge is 0.480 e. The van der Waals surface area contributed by atoms with Crippen molar-refractivity contribution in [3.63, 3.8) is 0 Å². The summed E-state index contributed by atoms with van der Waals surface area (Å²) in [4.78, 5) is 10.7. The van der Waals surface area contributed by atoms with E-state index in [0.29, 0.717) is 5.69 Å². The van der Waals surface area contributed by atoms with E-state index in [0.717, 1.165) is 0 Å². The average molecular weight is 198 g/mol. The Morgan fingerprint density at radius 1 is 1.71 bits per heavy atom. The van der Waals surface area contributed by atoms with Crippen molar-refractivity contribution < 1.29 is 9.90 Å². The molecule has 6 nitrogen and oxygen atoms in total. The maximum absolute atomic E-state index is 10.7. The van der Waals surface area contributed by atoms with Crippen LogP contribution in [0.1, 0.15) is 19.5 Å². The fourth-order valence-corrected chi connectivity index (χ4v) is 1.11. The van der Waals surface area contributed by atoms with Gasteiger partial charge in [-0.15, -0.1) is 5.10 Å². The minimum Gasteiger partial charge on any atom is -0.480 e. The van der Waals surface area contributed by atoms with Gasteiger partial charge in [0.05, 0.1) is 5.69 Å². The van der Waals surface area contributed by atoms with E-state index in [1.807, 2.05) is 0 Å². The second-order valence-electron chi connectivity index (χ2n) is 3.82. The van der Waals surface area contributed by atoms with E-state index < -0.39 is 17.4 Å². The SMILES string of the molecule is Cn1cc(C(C)(C)C(N)C(=O)O)nn1. The third-order valence-electron chi connectivity index (χ3n) is 2.31. The van der Waals surface area contributed by atoms with E-state index in [9.17, 15) is 4.79 Å². The van der Waals surface area contributed by atoms with Gasteiger partial charge in [0.25, 0.3) is 0 Å². The van der Waals surface area contributed by atoms with E-state index in [4.69, 9.17) is 10.8 Å². The van der Waals surface area contributed by atoms with E-state index >= 15 is 0 Å². The molecule has 0 radical (unpaired) electrons. The number of carboxylic acid groups (broad SMARTS) is 1. The standard InChI is InChI=1S/C8H14N4O2/c1-8(2,6(9)7(13)14)5-4-12(3)11-10-5/h4,6H,9H2,1-3H3,(H,13,14). The van der Waals surface area contributed by atoms with E-state index in [2.05, 4.69) is 10.3 Å². The van der Waals surface area contributed by atoms with Gasteiger partial charge in [0.15, 0.2) is 0 Å². The minimum absolute atomic E-state index is 0.579. The number of nitrogens with two attached hydrogens (primary N) is 1. The monoisotopic (exact) mass is 198 g/mol. The van der Waals surface area contributed by atoms with E-state index in [1.54, 1.807) is 27.1 Å². The van der Waals surface area contributed by atoms with Crippen LogP contribution >= 0.6 is 0 Å². The van der Waals surface area contributed by atoms with Crippen LogP contribution in [0.5, 0.6) is 0 Å². The molecule has 1 atom stereocenters. The summed E-state index contributed by atoms with van der Waals surface area (Å²) in [5, 5.41) is 16.4. The van der Waals surface area contributed by atoms with Crippen molar-refractivity contribution in [3.8, 4) is 0 Å².